The smallest absolute Gasteiger partial charge is 0.213 e. The highest BCUT2D eigenvalue weighted by Gasteiger charge is 2.16. The average molecular weight is 167 g/mol. The van der Waals surface area contributed by atoms with Gasteiger partial charge in [0.15, 0.2) is 0 Å². The molecular formula is C5H13NO3S. The largest absolute Gasteiger partial charge is 0.366 e. The van der Waals surface area contributed by atoms with Crippen LogP contribution in [-0.4, -0.2) is 39.4 Å². The third-order valence-electron chi connectivity index (χ3n) is 1.38. The minimum absolute atomic E-state index is 0.394. The van der Waals surface area contributed by atoms with Crippen LogP contribution < -0.4 is 0 Å². The van der Waals surface area contributed by atoms with E-state index < -0.39 is 16.3 Å². The molecule has 1 unspecified atom stereocenters. The van der Waals surface area contributed by atoms with E-state index in [-0.39, 0.29) is 0 Å². The number of nitrogens with zero attached hydrogens (tertiary/aromatic N) is 1. The van der Waals surface area contributed by atoms with Crippen molar-refractivity contribution in [1.82, 2.24) is 4.31 Å². The van der Waals surface area contributed by atoms with Gasteiger partial charge in [-0.1, -0.05) is 0 Å². The summed E-state index contributed by atoms with van der Waals surface area (Å²) < 4.78 is 27.5. The molecule has 0 saturated carbocycles. The zero-order chi connectivity index (χ0) is 8.36. The Kier molecular flexibility index (Phi) is 3.27. The number of hydrogen-bond donors (Lipinski definition) is 0. The van der Waals surface area contributed by atoms with Crippen LogP contribution in [0.3, 0.4) is 0 Å². The fourth-order valence-corrected chi connectivity index (χ4v) is 1.04. The molecule has 0 N–H and O–H groups in total. The summed E-state index contributed by atoms with van der Waals surface area (Å²) in [5.74, 6) is 0. The summed E-state index contributed by atoms with van der Waals surface area (Å²) in [6.45, 7) is 1.67. The van der Waals surface area contributed by atoms with Crippen LogP contribution in [0.1, 0.15) is 6.92 Å². The maximum atomic E-state index is 10.8. The van der Waals surface area contributed by atoms with Crippen molar-refractivity contribution in [3.05, 3.63) is 0 Å². The second kappa shape index (κ2) is 3.32. The van der Waals surface area contributed by atoms with E-state index in [2.05, 4.69) is 0 Å². The van der Waals surface area contributed by atoms with Gasteiger partial charge in [-0.3, -0.25) is 0 Å². The standard InChI is InChI=1S/C5H13NO3S/c1-5(9-3)6(2)10(4,7)8/h5H,1-4H3. The van der Waals surface area contributed by atoms with Crippen LogP contribution in [0.5, 0.6) is 0 Å². The summed E-state index contributed by atoms with van der Waals surface area (Å²) in [5.41, 5.74) is 0. The number of methoxy groups -OCH3 is 1. The number of hydrogen-bond acceptors (Lipinski definition) is 3. The number of ether oxygens (including phenoxy) is 1. The Morgan fingerprint density at radius 1 is 1.50 bits per heavy atom. The van der Waals surface area contributed by atoms with Crippen LogP contribution in [0.15, 0.2) is 0 Å². The van der Waals surface area contributed by atoms with E-state index in [1.165, 1.54) is 14.2 Å². The van der Waals surface area contributed by atoms with E-state index in [0.717, 1.165) is 10.6 Å². The van der Waals surface area contributed by atoms with Gasteiger partial charge in [0.05, 0.1) is 6.26 Å². The molecule has 0 aromatic carbocycles. The van der Waals surface area contributed by atoms with Crippen molar-refractivity contribution >= 4 is 10.0 Å². The van der Waals surface area contributed by atoms with Gasteiger partial charge in [0.1, 0.15) is 6.23 Å². The quantitative estimate of drug-likeness (QED) is 0.550. The second-order valence-electron chi connectivity index (χ2n) is 2.11. The van der Waals surface area contributed by atoms with Crippen molar-refractivity contribution in [2.75, 3.05) is 20.4 Å². The van der Waals surface area contributed by atoms with Crippen LogP contribution in [0, 0.1) is 0 Å². The van der Waals surface area contributed by atoms with E-state index in [4.69, 9.17) is 4.74 Å². The highest BCUT2D eigenvalue weighted by atomic mass is 32.2. The normalized spacial score (nSPS) is 15.7. The van der Waals surface area contributed by atoms with Crippen molar-refractivity contribution in [3.63, 3.8) is 0 Å². The molecule has 1 atom stereocenters. The predicted molar refractivity (Wildman–Crippen MR) is 39.1 cm³/mol. The molecular weight excluding hydrogens is 154 g/mol. The minimum atomic E-state index is -3.11. The fourth-order valence-electron chi connectivity index (χ4n) is 0.418. The Morgan fingerprint density at radius 2 is 1.90 bits per heavy atom. The monoisotopic (exact) mass is 167 g/mol. The Labute approximate surface area is 61.8 Å². The summed E-state index contributed by atoms with van der Waals surface area (Å²) in [7, 11) is -0.166. The molecule has 4 nitrogen and oxygen atoms in total. The van der Waals surface area contributed by atoms with Crippen molar-refractivity contribution in [1.29, 1.82) is 0 Å². The molecule has 0 amide bonds. The van der Waals surface area contributed by atoms with E-state index in [0.29, 0.717) is 0 Å². The Balaban J connectivity index is 4.23. The van der Waals surface area contributed by atoms with Gasteiger partial charge in [-0.25, -0.2) is 8.42 Å². The van der Waals surface area contributed by atoms with Crippen molar-refractivity contribution in [2.45, 2.75) is 13.2 Å². The van der Waals surface area contributed by atoms with Gasteiger partial charge in [0.2, 0.25) is 10.0 Å². The molecule has 0 fully saturated rings. The van der Waals surface area contributed by atoms with Crippen molar-refractivity contribution in [3.8, 4) is 0 Å². The Bertz CT molecular complexity index is 187. The zero-order valence-corrected chi connectivity index (χ0v) is 7.47. The van der Waals surface area contributed by atoms with Crippen LogP contribution in [-0.2, 0) is 14.8 Å². The molecule has 0 rings (SSSR count). The number of rotatable bonds is 3. The summed E-state index contributed by atoms with van der Waals surface area (Å²) in [6, 6.07) is 0. The first kappa shape index (κ1) is 9.87. The Morgan fingerprint density at radius 3 is 2.00 bits per heavy atom. The van der Waals surface area contributed by atoms with Gasteiger partial charge in [-0.2, -0.15) is 4.31 Å². The van der Waals surface area contributed by atoms with E-state index in [1.807, 2.05) is 0 Å². The lowest BCUT2D eigenvalue weighted by molar-refractivity contribution is 0.0427. The van der Waals surface area contributed by atoms with Gasteiger partial charge < -0.3 is 4.74 Å². The first-order valence-corrected chi connectivity index (χ1v) is 4.70. The molecule has 62 valence electrons. The maximum Gasteiger partial charge on any atom is 0.213 e. The first-order chi connectivity index (χ1) is 4.39. The minimum Gasteiger partial charge on any atom is -0.366 e. The molecule has 0 aromatic heterocycles. The number of sulfonamides is 1. The van der Waals surface area contributed by atoms with E-state index in [9.17, 15) is 8.42 Å². The molecule has 0 aliphatic heterocycles. The third-order valence-corrected chi connectivity index (χ3v) is 2.72. The first-order valence-electron chi connectivity index (χ1n) is 2.85. The summed E-state index contributed by atoms with van der Waals surface area (Å²) in [4.78, 5) is 0. The topological polar surface area (TPSA) is 46.6 Å². The molecule has 0 spiro atoms. The maximum absolute atomic E-state index is 10.8. The zero-order valence-electron chi connectivity index (χ0n) is 6.66. The lowest BCUT2D eigenvalue weighted by Gasteiger charge is -2.20. The van der Waals surface area contributed by atoms with Gasteiger partial charge in [-0.15, -0.1) is 0 Å². The second-order valence-corrected chi connectivity index (χ2v) is 4.16. The summed E-state index contributed by atoms with van der Waals surface area (Å²) in [6.07, 6.45) is 0.748. The highest BCUT2D eigenvalue weighted by molar-refractivity contribution is 7.88. The van der Waals surface area contributed by atoms with Gasteiger partial charge in [0, 0.05) is 14.2 Å². The van der Waals surface area contributed by atoms with Crippen molar-refractivity contribution in [2.24, 2.45) is 0 Å². The Hall–Kier alpha value is -0.130. The van der Waals surface area contributed by atoms with Crippen LogP contribution in [0.25, 0.3) is 0 Å². The van der Waals surface area contributed by atoms with E-state index in [1.54, 1.807) is 6.92 Å². The lowest BCUT2D eigenvalue weighted by Crippen LogP contribution is -2.35. The highest BCUT2D eigenvalue weighted by Crippen LogP contribution is 2.00. The van der Waals surface area contributed by atoms with Crippen LogP contribution in [0.4, 0.5) is 0 Å². The lowest BCUT2D eigenvalue weighted by atomic mass is 10.7. The third kappa shape index (κ3) is 2.64. The molecule has 0 aromatic rings. The van der Waals surface area contributed by atoms with E-state index >= 15 is 0 Å². The fraction of sp³-hybridized carbons (Fsp3) is 1.00. The molecule has 5 heteroatoms. The van der Waals surface area contributed by atoms with Gasteiger partial charge >= 0.3 is 0 Å². The molecule has 0 aliphatic carbocycles. The van der Waals surface area contributed by atoms with Crippen molar-refractivity contribution < 1.29 is 13.2 Å². The van der Waals surface area contributed by atoms with Gasteiger partial charge in [-0.05, 0) is 6.92 Å². The SMILES string of the molecule is COC(C)N(C)S(C)(=O)=O. The molecule has 0 aliphatic rings. The van der Waals surface area contributed by atoms with Crippen LogP contribution >= 0.6 is 0 Å². The molecule has 0 bridgehead atoms. The predicted octanol–water partition coefficient (Wildman–Crippen LogP) is -0.130. The van der Waals surface area contributed by atoms with Crippen LogP contribution in [0.2, 0.25) is 0 Å². The summed E-state index contributed by atoms with van der Waals surface area (Å²) in [5, 5.41) is 0. The molecule has 0 saturated heterocycles. The molecule has 0 heterocycles. The molecule has 0 radical (unpaired) electrons. The summed E-state index contributed by atoms with van der Waals surface area (Å²) >= 11 is 0. The average Bonchev–Trinajstić information content (AvgIpc) is 1.83. The molecule has 10 heavy (non-hydrogen) atoms. The van der Waals surface area contributed by atoms with Gasteiger partial charge in [0.25, 0.3) is 0 Å².